The molecule has 0 atom stereocenters. The first-order valence-corrected chi connectivity index (χ1v) is 14.4. The summed E-state index contributed by atoms with van der Waals surface area (Å²) in [4.78, 5) is 19.0. The second-order valence-corrected chi connectivity index (χ2v) is 11.1. The Morgan fingerprint density at radius 2 is 0.767 bits per heavy atom. The van der Waals surface area contributed by atoms with Crippen molar-refractivity contribution in [1.82, 2.24) is 19.5 Å². The number of aromatic nitrogens is 4. The van der Waals surface area contributed by atoms with Gasteiger partial charge in [-0.05, 0) is 84.9 Å². The van der Waals surface area contributed by atoms with Gasteiger partial charge in [0.1, 0.15) is 0 Å². The zero-order chi connectivity index (χ0) is 29.5. The third-order valence-electron chi connectivity index (χ3n) is 7.88. The van der Waals surface area contributed by atoms with Gasteiger partial charge in [0.15, 0.2) is 17.5 Å². The average Bonchev–Trinajstić information content (AvgIpc) is 3.39. The molecule has 2 aromatic heterocycles. The summed E-state index contributed by atoms with van der Waals surface area (Å²) < 4.78 is 2.32. The number of rotatable bonds is 6. The van der Waals surface area contributed by atoms with Gasteiger partial charge in [-0.1, -0.05) is 36.4 Å². The number of anilines is 2. The van der Waals surface area contributed by atoms with E-state index in [4.69, 9.17) is 15.0 Å². The van der Waals surface area contributed by atoms with E-state index in [0.717, 1.165) is 33.8 Å². The van der Waals surface area contributed by atoms with Crippen LogP contribution < -0.4 is 9.80 Å². The normalized spacial score (nSPS) is 11.3. The van der Waals surface area contributed by atoms with Crippen molar-refractivity contribution in [2.45, 2.75) is 0 Å². The molecule has 6 heteroatoms. The van der Waals surface area contributed by atoms with E-state index in [1.807, 2.05) is 28.2 Å². The standard InChI is InChI=1S/C37H32N6/c1-41(2)28-19-13-25(14-20-28)35-38-36(26-15-21-29(22-16-26)42(3)4)40-37(39-35)27-17-23-30(24-18-27)43-33-11-7-5-9-31(33)32-10-6-8-12-34(32)43/h5-24H,1-4H3. The van der Waals surface area contributed by atoms with E-state index < -0.39 is 0 Å². The molecule has 0 saturated heterocycles. The Kier molecular flexibility index (Phi) is 6.59. The molecular weight excluding hydrogens is 528 g/mol. The maximum Gasteiger partial charge on any atom is 0.164 e. The zero-order valence-corrected chi connectivity index (χ0v) is 24.7. The molecule has 0 aliphatic carbocycles. The third kappa shape index (κ3) is 4.87. The molecule has 0 aliphatic heterocycles. The minimum Gasteiger partial charge on any atom is -0.378 e. The molecule has 210 valence electrons. The lowest BCUT2D eigenvalue weighted by atomic mass is 10.1. The summed E-state index contributed by atoms with van der Waals surface area (Å²) in [6.07, 6.45) is 0. The Hall–Kier alpha value is -5.49. The Bertz CT molecular complexity index is 1930. The Balaban J connectivity index is 1.33. The highest BCUT2D eigenvalue weighted by atomic mass is 15.1. The first-order valence-electron chi connectivity index (χ1n) is 14.4. The van der Waals surface area contributed by atoms with Crippen LogP contribution in [0.3, 0.4) is 0 Å². The Morgan fingerprint density at radius 3 is 1.14 bits per heavy atom. The van der Waals surface area contributed by atoms with Crippen molar-refractivity contribution in [3.8, 4) is 39.9 Å². The van der Waals surface area contributed by atoms with Gasteiger partial charge in [0.25, 0.3) is 0 Å². The van der Waals surface area contributed by atoms with E-state index >= 15 is 0 Å². The lowest BCUT2D eigenvalue weighted by Crippen LogP contribution is -2.08. The number of hydrogen-bond donors (Lipinski definition) is 0. The lowest BCUT2D eigenvalue weighted by Gasteiger charge is -2.14. The average molecular weight is 561 g/mol. The highest BCUT2D eigenvalue weighted by molar-refractivity contribution is 6.09. The molecule has 0 bridgehead atoms. The van der Waals surface area contributed by atoms with Gasteiger partial charge in [-0.2, -0.15) is 0 Å². The van der Waals surface area contributed by atoms with Gasteiger partial charge in [-0.3, -0.25) is 0 Å². The van der Waals surface area contributed by atoms with E-state index in [2.05, 4.69) is 136 Å². The van der Waals surface area contributed by atoms with Crippen molar-refractivity contribution < 1.29 is 0 Å². The summed E-state index contributed by atoms with van der Waals surface area (Å²) in [5, 5.41) is 2.49. The summed E-state index contributed by atoms with van der Waals surface area (Å²) in [7, 11) is 8.15. The van der Waals surface area contributed by atoms with E-state index in [0.29, 0.717) is 17.5 Å². The molecule has 0 unspecified atom stereocenters. The first kappa shape index (κ1) is 26.4. The van der Waals surface area contributed by atoms with Crippen LogP contribution in [0.15, 0.2) is 121 Å². The summed E-state index contributed by atoms with van der Waals surface area (Å²) >= 11 is 0. The fourth-order valence-electron chi connectivity index (χ4n) is 5.54. The molecule has 7 aromatic rings. The number of para-hydroxylation sites is 2. The Morgan fingerprint density at radius 1 is 0.419 bits per heavy atom. The van der Waals surface area contributed by atoms with Crippen molar-refractivity contribution in [2.75, 3.05) is 38.0 Å². The predicted octanol–water partition coefficient (Wildman–Crippen LogP) is 8.10. The van der Waals surface area contributed by atoms with Crippen molar-refractivity contribution in [2.24, 2.45) is 0 Å². The molecule has 0 N–H and O–H groups in total. The smallest absolute Gasteiger partial charge is 0.164 e. The van der Waals surface area contributed by atoms with E-state index in [1.165, 1.54) is 21.8 Å². The van der Waals surface area contributed by atoms with Crippen LogP contribution in [0.1, 0.15) is 0 Å². The van der Waals surface area contributed by atoms with Crippen LogP contribution in [0.4, 0.5) is 11.4 Å². The van der Waals surface area contributed by atoms with E-state index in [-0.39, 0.29) is 0 Å². The van der Waals surface area contributed by atoms with Crippen LogP contribution in [0.25, 0.3) is 61.7 Å². The molecule has 0 fully saturated rings. The zero-order valence-electron chi connectivity index (χ0n) is 24.7. The number of hydrogen-bond acceptors (Lipinski definition) is 5. The molecule has 0 amide bonds. The second-order valence-electron chi connectivity index (χ2n) is 11.1. The molecule has 0 spiro atoms. The van der Waals surface area contributed by atoms with Gasteiger partial charge in [0.2, 0.25) is 0 Å². The molecule has 5 aromatic carbocycles. The van der Waals surface area contributed by atoms with Crippen molar-refractivity contribution >= 4 is 33.2 Å². The van der Waals surface area contributed by atoms with Crippen LogP contribution >= 0.6 is 0 Å². The maximum absolute atomic E-state index is 4.96. The summed E-state index contributed by atoms with van der Waals surface area (Å²) in [5.41, 5.74) is 8.53. The van der Waals surface area contributed by atoms with Crippen molar-refractivity contribution in [3.05, 3.63) is 121 Å². The van der Waals surface area contributed by atoms with Gasteiger partial charge in [0, 0.05) is 72.7 Å². The van der Waals surface area contributed by atoms with Crippen LogP contribution in [0.2, 0.25) is 0 Å². The number of nitrogens with zero attached hydrogens (tertiary/aromatic N) is 6. The summed E-state index contributed by atoms with van der Waals surface area (Å²) in [5.74, 6) is 1.93. The van der Waals surface area contributed by atoms with E-state index in [1.54, 1.807) is 0 Å². The maximum atomic E-state index is 4.96. The fraction of sp³-hybridized carbons (Fsp3) is 0.108. The van der Waals surface area contributed by atoms with Crippen LogP contribution in [-0.2, 0) is 0 Å². The van der Waals surface area contributed by atoms with Crippen LogP contribution in [0.5, 0.6) is 0 Å². The van der Waals surface area contributed by atoms with Crippen molar-refractivity contribution in [3.63, 3.8) is 0 Å². The Labute approximate surface area is 251 Å². The number of fused-ring (bicyclic) bond motifs is 3. The topological polar surface area (TPSA) is 50.1 Å². The summed E-state index contributed by atoms with van der Waals surface area (Å²) in [6, 6.07) is 42.2. The second kappa shape index (κ2) is 10.7. The minimum absolute atomic E-state index is 0.641. The highest BCUT2D eigenvalue weighted by Gasteiger charge is 2.15. The molecule has 0 aliphatic rings. The van der Waals surface area contributed by atoms with Crippen LogP contribution in [0, 0.1) is 0 Å². The minimum atomic E-state index is 0.641. The number of benzene rings is 5. The fourth-order valence-corrected chi connectivity index (χ4v) is 5.54. The molecule has 7 rings (SSSR count). The molecule has 0 saturated carbocycles. The van der Waals surface area contributed by atoms with Gasteiger partial charge in [0.05, 0.1) is 11.0 Å². The monoisotopic (exact) mass is 560 g/mol. The van der Waals surface area contributed by atoms with Crippen molar-refractivity contribution in [1.29, 1.82) is 0 Å². The van der Waals surface area contributed by atoms with Gasteiger partial charge in [-0.15, -0.1) is 0 Å². The molecule has 0 radical (unpaired) electrons. The largest absolute Gasteiger partial charge is 0.378 e. The predicted molar refractivity (Wildman–Crippen MR) is 179 cm³/mol. The van der Waals surface area contributed by atoms with Gasteiger partial charge < -0.3 is 14.4 Å². The first-order chi connectivity index (χ1) is 21.0. The molecule has 2 heterocycles. The SMILES string of the molecule is CN(C)c1ccc(-c2nc(-c3ccc(N(C)C)cc3)nc(-c3ccc(-n4c5ccccc5c5ccccc54)cc3)n2)cc1. The third-order valence-corrected chi connectivity index (χ3v) is 7.88. The lowest BCUT2D eigenvalue weighted by molar-refractivity contribution is 1.07. The van der Waals surface area contributed by atoms with Gasteiger partial charge >= 0.3 is 0 Å². The molecule has 43 heavy (non-hydrogen) atoms. The van der Waals surface area contributed by atoms with Gasteiger partial charge in [-0.25, -0.2) is 15.0 Å². The molecular formula is C37H32N6. The summed E-state index contributed by atoms with van der Waals surface area (Å²) in [6.45, 7) is 0. The quantitative estimate of drug-likeness (QED) is 0.206. The highest BCUT2D eigenvalue weighted by Crippen LogP contribution is 2.33. The molecule has 6 nitrogen and oxygen atoms in total. The van der Waals surface area contributed by atoms with Crippen LogP contribution in [-0.4, -0.2) is 47.7 Å². The van der Waals surface area contributed by atoms with E-state index in [9.17, 15) is 0 Å².